The number of esters is 1. The number of hydrogen-bond donors (Lipinski definition) is 1. The van der Waals surface area contributed by atoms with Gasteiger partial charge in [0.05, 0.1) is 0 Å². The zero-order chi connectivity index (χ0) is 16.7. The molecule has 0 radical (unpaired) electrons. The third-order valence-electron chi connectivity index (χ3n) is 6.59. The second-order valence-electron chi connectivity index (χ2n) is 7.75. The standard InChI is InChI=1S/C20H27NO3/c1-21-16-10-12-17(21)18(13-11-16)24-19(22)20(23,15-8-5-9-15)14-6-3-2-4-7-14/h2-4,6-7,15-18,23H,5,8-13H2,1H3. The van der Waals surface area contributed by atoms with Gasteiger partial charge in [-0.3, -0.25) is 4.90 Å². The Bertz CT molecular complexity index is 600. The van der Waals surface area contributed by atoms with Crippen LogP contribution in [-0.2, 0) is 15.1 Å². The van der Waals surface area contributed by atoms with Crippen LogP contribution in [0.3, 0.4) is 0 Å². The Hall–Kier alpha value is -1.39. The van der Waals surface area contributed by atoms with Crippen LogP contribution >= 0.6 is 0 Å². The lowest BCUT2D eigenvalue weighted by Gasteiger charge is -2.42. The zero-order valence-electron chi connectivity index (χ0n) is 14.4. The molecule has 2 aliphatic heterocycles. The SMILES string of the molecule is CN1C2CCC(OC(=O)C(O)(c3ccccc3)C3CCC3)C1CC2. The van der Waals surface area contributed by atoms with Gasteiger partial charge in [-0.15, -0.1) is 0 Å². The highest BCUT2D eigenvalue weighted by Crippen LogP contribution is 2.44. The minimum absolute atomic E-state index is 0.0231. The predicted molar refractivity (Wildman–Crippen MR) is 91.4 cm³/mol. The maximum atomic E-state index is 13.1. The third-order valence-corrected chi connectivity index (χ3v) is 6.59. The largest absolute Gasteiger partial charge is 0.458 e. The number of likely N-dealkylation sites (N-methyl/N-ethyl adjacent to an activating group) is 1. The lowest BCUT2D eigenvalue weighted by molar-refractivity contribution is -0.188. The highest BCUT2D eigenvalue weighted by atomic mass is 16.6. The van der Waals surface area contributed by atoms with E-state index >= 15 is 0 Å². The van der Waals surface area contributed by atoms with E-state index in [2.05, 4.69) is 11.9 Å². The quantitative estimate of drug-likeness (QED) is 0.863. The summed E-state index contributed by atoms with van der Waals surface area (Å²) in [7, 11) is 2.14. The molecule has 1 aromatic rings. The molecule has 4 nitrogen and oxygen atoms in total. The van der Waals surface area contributed by atoms with E-state index in [4.69, 9.17) is 4.74 Å². The highest BCUT2D eigenvalue weighted by Gasteiger charge is 2.51. The molecular formula is C20H27NO3. The molecule has 1 N–H and O–H groups in total. The Morgan fingerprint density at radius 3 is 2.50 bits per heavy atom. The van der Waals surface area contributed by atoms with Crippen LogP contribution in [0.5, 0.6) is 0 Å². The van der Waals surface area contributed by atoms with E-state index in [1.807, 2.05) is 30.3 Å². The van der Waals surface area contributed by atoms with Crippen LogP contribution in [0, 0.1) is 5.92 Å². The van der Waals surface area contributed by atoms with Crippen LogP contribution in [0.15, 0.2) is 30.3 Å². The number of fused-ring (bicyclic) bond motifs is 2. The van der Waals surface area contributed by atoms with Gasteiger partial charge < -0.3 is 9.84 Å². The minimum atomic E-state index is -1.49. The van der Waals surface area contributed by atoms with Gasteiger partial charge in [0.25, 0.3) is 0 Å². The van der Waals surface area contributed by atoms with Crippen molar-refractivity contribution in [3.05, 3.63) is 35.9 Å². The molecule has 2 bridgehead atoms. The molecule has 0 amide bonds. The Kier molecular flexibility index (Phi) is 4.13. The summed E-state index contributed by atoms with van der Waals surface area (Å²) in [5.74, 6) is -0.466. The van der Waals surface area contributed by atoms with E-state index in [1.54, 1.807) is 0 Å². The summed E-state index contributed by atoms with van der Waals surface area (Å²) >= 11 is 0. The summed E-state index contributed by atoms with van der Waals surface area (Å²) in [6.45, 7) is 0. The Morgan fingerprint density at radius 1 is 1.12 bits per heavy atom. The lowest BCUT2D eigenvalue weighted by atomic mass is 9.69. The minimum Gasteiger partial charge on any atom is -0.458 e. The van der Waals surface area contributed by atoms with E-state index in [9.17, 15) is 9.90 Å². The van der Waals surface area contributed by atoms with E-state index in [-0.39, 0.29) is 12.0 Å². The average molecular weight is 329 g/mol. The van der Waals surface area contributed by atoms with Crippen molar-refractivity contribution >= 4 is 5.97 Å². The van der Waals surface area contributed by atoms with E-state index in [1.165, 1.54) is 6.42 Å². The molecule has 130 valence electrons. The van der Waals surface area contributed by atoms with Crippen LogP contribution in [0.1, 0.15) is 50.5 Å². The monoisotopic (exact) mass is 329 g/mol. The molecule has 0 spiro atoms. The van der Waals surface area contributed by atoms with Crippen molar-refractivity contribution in [2.45, 2.75) is 68.7 Å². The summed E-state index contributed by atoms with van der Waals surface area (Å²) < 4.78 is 5.94. The van der Waals surface area contributed by atoms with Crippen LogP contribution in [0.2, 0.25) is 0 Å². The lowest BCUT2D eigenvalue weighted by Crippen LogP contribution is -2.52. The summed E-state index contributed by atoms with van der Waals surface area (Å²) in [5, 5.41) is 11.3. The molecule has 1 aliphatic carbocycles. The summed E-state index contributed by atoms with van der Waals surface area (Å²) in [6.07, 6.45) is 7.04. The van der Waals surface area contributed by atoms with Gasteiger partial charge in [0.15, 0.2) is 5.60 Å². The van der Waals surface area contributed by atoms with E-state index in [0.29, 0.717) is 17.6 Å². The molecule has 4 unspecified atom stereocenters. The van der Waals surface area contributed by atoms with Gasteiger partial charge in [-0.25, -0.2) is 4.79 Å². The second-order valence-corrected chi connectivity index (χ2v) is 7.75. The number of rotatable bonds is 4. The first-order valence-electron chi connectivity index (χ1n) is 9.31. The molecule has 2 saturated heterocycles. The molecule has 24 heavy (non-hydrogen) atoms. The summed E-state index contributed by atoms with van der Waals surface area (Å²) in [5.41, 5.74) is -0.818. The van der Waals surface area contributed by atoms with Gasteiger partial charge in [0.1, 0.15) is 6.10 Å². The fraction of sp³-hybridized carbons (Fsp3) is 0.650. The summed E-state index contributed by atoms with van der Waals surface area (Å²) in [4.78, 5) is 15.4. The molecule has 3 aliphatic rings. The van der Waals surface area contributed by atoms with Gasteiger partial charge in [0, 0.05) is 18.0 Å². The van der Waals surface area contributed by atoms with Crippen LogP contribution in [0.4, 0.5) is 0 Å². The normalized spacial score (nSPS) is 32.8. The highest BCUT2D eigenvalue weighted by molar-refractivity contribution is 5.82. The molecule has 2 heterocycles. The van der Waals surface area contributed by atoms with Crippen molar-refractivity contribution in [3.8, 4) is 0 Å². The number of piperidine rings is 1. The van der Waals surface area contributed by atoms with Gasteiger partial charge in [0.2, 0.25) is 0 Å². The number of ether oxygens (including phenoxy) is 1. The number of carbonyl (C=O) groups is 1. The molecule has 4 rings (SSSR count). The molecule has 4 atom stereocenters. The number of nitrogens with zero attached hydrogens (tertiary/aromatic N) is 1. The first-order chi connectivity index (χ1) is 11.6. The second kappa shape index (κ2) is 6.16. The average Bonchev–Trinajstić information content (AvgIpc) is 2.77. The topological polar surface area (TPSA) is 49.8 Å². The Morgan fingerprint density at radius 2 is 1.83 bits per heavy atom. The van der Waals surface area contributed by atoms with Crippen molar-refractivity contribution in [1.82, 2.24) is 4.90 Å². The van der Waals surface area contributed by atoms with Gasteiger partial charge >= 0.3 is 5.97 Å². The Balaban J connectivity index is 1.56. The van der Waals surface area contributed by atoms with Crippen LogP contribution in [-0.4, -0.2) is 41.2 Å². The molecule has 4 heteroatoms. The maximum absolute atomic E-state index is 13.1. The van der Waals surface area contributed by atoms with Gasteiger partial charge in [-0.1, -0.05) is 36.8 Å². The third kappa shape index (κ3) is 2.47. The molecule has 0 aromatic heterocycles. The number of hydrogen-bond acceptors (Lipinski definition) is 4. The number of benzene rings is 1. The maximum Gasteiger partial charge on any atom is 0.343 e. The zero-order valence-corrected chi connectivity index (χ0v) is 14.4. The van der Waals surface area contributed by atoms with Crippen LogP contribution in [0.25, 0.3) is 0 Å². The summed E-state index contributed by atoms with van der Waals surface area (Å²) in [6, 6.07) is 10.3. The smallest absolute Gasteiger partial charge is 0.343 e. The van der Waals surface area contributed by atoms with Crippen molar-refractivity contribution in [2.75, 3.05) is 7.05 Å². The molecule has 1 aromatic carbocycles. The fourth-order valence-electron chi connectivity index (χ4n) is 4.79. The first-order valence-corrected chi connectivity index (χ1v) is 9.31. The predicted octanol–water partition coefficient (Wildman–Crippen LogP) is 2.84. The molecule has 1 saturated carbocycles. The first kappa shape index (κ1) is 16.1. The Labute approximate surface area is 143 Å². The van der Waals surface area contributed by atoms with Gasteiger partial charge in [-0.05, 0) is 51.1 Å². The van der Waals surface area contributed by atoms with E-state index < -0.39 is 11.6 Å². The van der Waals surface area contributed by atoms with Gasteiger partial charge in [-0.2, -0.15) is 0 Å². The van der Waals surface area contributed by atoms with Crippen molar-refractivity contribution < 1.29 is 14.6 Å². The number of carbonyl (C=O) groups excluding carboxylic acids is 1. The van der Waals surface area contributed by atoms with E-state index in [0.717, 1.165) is 38.5 Å². The number of aliphatic hydroxyl groups is 1. The molecular weight excluding hydrogens is 302 g/mol. The fourth-order valence-corrected chi connectivity index (χ4v) is 4.79. The van der Waals surface area contributed by atoms with Crippen molar-refractivity contribution in [1.29, 1.82) is 0 Å². The van der Waals surface area contributed by atoms with Crippen molar-refractivity contribution in [2.24, 2.45) is 5.92 Å². The van der Waals surface area contributed by atoms with Crippen molar-refractivity contribution in [3.63, 3.8) is 0 Å². The van der Waals surface area contributed by atoms with Crippen LogP contribution < -0.4 is 0 Å². The molecule has 3 fully saturated rings.